The third kappa shape index (κ3) is 6.04. The molecule has 2 heteroatoms. The largest absolute Gasteiger partial charge is 0.317 e. The molecule has 1 aromatic rings. The quantitative estimate of drug-likeness (QED) is 0.759. The highest BCUT2D eigenvalue weighted by molar-refractivity contribution is 5.18. The van der Waals surface area contributed by atoms with E-state index in [1.165, 1.54) is 31.5 Å². The Morgan fingerprint density at radius 3 is 1.75 bits per heavy atom. The van der Waals surface area contributed by atoms with Crippen molar-refractivity contribution >= 4 is 0 Å². The molecule has 0 bridgehead atoms. The second-order valence-corrected chi connectivity index (χ2v) is 7.88. The first-order valence-electron chi connectivity index (χ1n) is 7.82. The number of piperidine rings is 1. The molecule has 2 rings (SSSR count). The first-order valence-corrected chi connectivity index (χ1v) is 7.82. The second kappa shape index (κ2) is 7.21. The van der Waals surface area contributed by atoms with Gasteiger partial charge in [-0.25, -0.2) is 0 Å². The molecule has 0 aliphatic carbocycles. The van der Waals surface area contributed by atoms with Crippen LogP contribution in [-0.2, 0) is 5.41 Å². The topological polar surface area (TPSA) is 24.9 Å². The van der Waals surface area contributed by atoms with E-state index in [0.29, 0.717) is 5.41 Å². The molecule has 1 fully saturated rings. The summed E-state index contributed by atoms with van der Waals surface area (Å²) >= 11 is 0. The van der Waals surface area contributed by atoms with Crippen molar-refractivity contribution in [2.75, 3.05) is 13.1 Å². The van der Waals surface area contributed by atoms with E-state index < -0.39 is 0 Å². The van der Waals surface area contributed by atoms with E-state index in [2.05, 4.69) is 64.0 Å². The van der Waals surface area contributed by atoms with Crippen molar-refractivity contribution in [1.82, 2.24) is 10.3 Å². The van der Waals surface area contributed by atoms with E-state index in [0.717, 1.165) is 5.92 Å². The predicted octanol–water partition coefficient (Wildman–Crippen LogP) is 4.41. The maximum atomic E-state index is 3.96. The maximum absolute atomic E-state index is 3.96. The Kier molecular flexibility index (Phi) is 6.19. The van der Waals surface area contributed by atoms with E-state index in [1.807, 2.05) is 12.4 Å². The normalized spacial score (nSPS) is 17.3. The van der Waals surface area contributed by atoms with Crippen LogP contribution in [-0.4, -0.2) is 18.1 Å². The summed E-state index contributed by atoms with van der Waals surface area (Å²) in [5, 5.41) is 3.39. The highest BCUT2D eigenvalue weighted by atomic mass is 14.9. The summed E-state index contributed by atoms with van der Waals surface area (Å²) in [6.45, 7) is 16.1. The van der Waals surface area contributed by atoms with E-state index >= 15 is 0 Å². The van der Waals surface area contributed by atoms with Gasteiger partial charge in [-0.2, -0.15) is 0 Å². The van der Waals surface area contributed by atoms with Crippen LogP contribution in [0.25, 0.3) is 0 Å². The Labute approximate surface area is 125 Å². The summed E-state index contributed by atoms with van der Waals surface area (Å²) in [5.74, 6) is 0.939. The fourth-order valence-electron chi connectivity index (χ4n) is 2.54. The van der Waals surface area contributed by atoms with Gasteiger partial charge in [-0.15, -0.1) is 0 Å². The monoisotopic (exact) mass is 276 g/mol. The van der Waals surface area contributed by atoms with Crippen molar-refractivity contribution in [2.24, 2.45) is 11.3 Å². The van der Waals surface area contributed by atoms with Gasteiger partial charge >= 0.3 is 0 Å². The highest BCUT2D eigenvalue weighted by Crippen LogP contribution is 2.32. The highest BCUT2D eigenvalue weighted by Gasteiger charge is 2.25. The minimum atomic E-state index is 0.253. The van der Waals surface area contributed by atoms with Crippen molar-refractivity contribution in [1.29, 1.82) is 0 Å². The molecule has 1 aliphatic heterocycles. The average Bonchev–Trinajstić information content (AvgIpc) is 2.40. The zero-order valence-corrected chi connectivity index (χ0v) is 14.2. The minimum Gasteiger partial charge on any atom is -0.317 e. The summed E-state index contributed by atoms with van der Waals surface area (Å²) in [4.78, 5) is 3.96. The molecule has 1 saturated heterocycles. The Morgan fingerprint density at radius 1 is 0.950 bits per heavy atom. The van der Waals surface area contributed by atoms with Crippen LogP contribution < -0.4 is 5.32 Å². The lowest BCUT2D eigenvalue weighted by Gasteiger charge is -2.34. The Morgan fingerprint density at radius 2 is 1.45 bits per heavy atom. The third-order valence-electron chi connectivity index (χ3n) is 4.11. The average molecular weight is 276 g/mol. The van der Waals surface area contributed by atoms with Crippen LogP contribution in [0, 0.1) is 11.3 Å². The lowest BCUT2D eigenvalue weighted by Crippen LogP contribution is -2.34. The molecule has 2 nitrogen and oxygen atoms in total. The molecule has 0 amide bonds. The van der Waals surface area contributed by atoms with Gasteiger partial charge in [-0.05, 0) is 60.4 Å². The van der Waals surface area contributed by atoms with Crippen molar-refractivity contribution in [3.8, 4) is 0 Å². The molecule has 1 aliphatic rings. The third-order valence-corrected chi connectivity index (χ3v) is 4.11. The van der Waals surface area contributed by atoms with E-state index in [4.69, 9.17) is 0 Å². The van der Waals surface area contributed by atoms with Crippen molar-refractivity contribution in [2.45, 2.75) is 59.8 Å². The molecule has 0 aromatic carbocycles. The van der Waals surface area contributed by atoms with Crippen LogP contribution in [0.5, 0.6) is 0 Å². The van der Waals surface area contributed by atoms with Crippen LogP contribution in [0.3, 0.4) is 0 Å². The smallest absolute Gasteiger partial charge is 0.0270 e. The van der Waals surface area contributed by atoms with Gasteiger partial charge in [0.1, 0.15) is 0 Å². The van der Waals surface area contributed by atoms with Gasteiger partial charge in [0.25, 0.3) is 0 Å². The summed E-state index contributed by atoms with van der Waals surface area (Å²) < 4.78 is 0. The van der Waals surface area contributed by atoms with E-state index in [9.17, 15) is 0 Å². The number of aromatic nitrogens is 1. The van der Waals surface area contributed by atoms with Crippen LogP contribution in [0.2, 0.25) is 0 Å². The molecular weight excluding hydrogens is 244 g/mol. The van der Waals surface area contributed by atoms with Crippen molar-refractivity contribution < 1.29 is 0 Å². The molecule has 1 aromatic heterocycles. The zero-order valence-electron chi connectivity index (χ0n) is 14.2. The van der Waals surface area contributed by atoms with Crippen LogP contribution in [0.15, 0.2) is 24.5 Å². The second-order valence-electron chi connectivity index (χ2n) is 7.88. The molecule has 0 radical (unpaired) electrons. The Balaban J connectivity index is 0.000000200. The molecule has 114 valence electrons. The van der Waals surface area contributed by atoms with Gasteiger partial charge < -0.3 is 5.32 Å². The van der Waals surface area contributed by atoms with E-state index in [1.54, 1.807) is 0 Å². The van der Waals surface area contributed by atoms with Gasteiger partial charge in [-0.1, -0.05) is 41.5 Å². The van der Waals surface area contributed by atoms with Crippen LogP contribution in [0.4, 0.5) is 0 Å². The number of hydrogen-bond donors (Lipinski definition) is 1. The number of nitrogens with one attached hydrogen (secondary N) is 1. The lowest BCUT2D eigenvalue weighted by atomic mass is 9.76. The van der Waals surface area contributed by atoms with Crippen LogP contribution in [0.1, 0.15) is 59.9 Å². The zero-order chi connectivity index (χ0) is 15.2. The summed E-state index contributed by atoms with van der Waals surface area (Å²) in [7, 11) is 0. The summed E-state index contributed by atoms with van der Waals surface area (Å²) in [6.07, 6.45) is 6.40. The molecule has 2 heterocycles. The summed E-state index contributed by atoms with van der Waals surface area (Å²) in [6, 6.07) is 4.11. The minimum absolute atomic E-state index is 0.253. The Hall–Kier alpha value is -0.890. The lowest BCUT2D eigenvalue weighted by molar-refractivity contribution is 0.188. The van der Waals surface area contributed by atoms with Gasteiger partial charge in [0.15, 0.2) is 0 Å². The van der Waals surface area contributed by atoms with Gasteiger partial charge in [0, 0.05) is 12.4 Å². The van der Waals surface area contributed by atoms with Gasteiger partial charge in [0.2, 0.25) is 0 Å². The fraction of sp³-hybridized carbons (Fsp3) is 0.722. The maximum Gasteiger partial charge on any atom is 0.0270 e. The number of hydrogen-bond acceptors (Lipinski definition) is 2. The molecule has 20 heavy (non-hydrogen) atoms. The molecule has 0 unspecified atom stereocenters. The molecular formula is C18H32N2. The van der Waals surface area contributed by atoms with Crippen LogP contribution >= 0.6 is 0 Å². The molecule has 0 spiro atoms. The summed E-state index contributed by atoms with van der Waals surface area (Å²) in [5.41, 5.74) is 2.12. The van der Waals surface area contributed by atoms with Crippen molar-refractivity contribution in [3.63, 3.8) is 0 Å². The number of nitrogens with zero attached hydrogens (tertiary/aromatic N) is 1. The van der Waals surface area contributed by atoms with Crippen molar-refractivity contribution in [3.05, 3.63) is 30.1 Å². The molecule has 0 saturated carbocycles. The van der Waals surface area contributed by atoms with Gasteiger partial charge in [0.05, 0.1) is 0 Å². The first kappa shape index (κ1) is 17.2. The van der Waals surface area contributed by atoms with Gasteiger partial charge in [-0.3, -0.25) is 4.98 Å². The molecule has 1 N–H and O–H groups in total. The SMILES string of the molecule is CC(C)(C)C1CCNCC1.CC(C)(C)c1ccncc1. The number of rotatable bonds is 0. The van der Waals surface area contributed by atoms with E-state index in [-0.39, 0.29) is 5.41 Å². The fourth-order valence-corrected chi connectivity index (χ4v) is 2.54. The predicted molar refractivity (Wildman–Crippen MR) is 88.0 cm³/mol. The standard InChI is InChI=1S/C9H19N.C9H13N/c2*1-9(2,3)8-4-6-10-7-5-8/h8,10H,4-7H2,1-3H3;4-7H,1-3H3. The first-order chi connectivity index (χ1) is 9.21. The molecule has 0 atom stereocenters. The Bertz CT molecular complexity index is 365. The number of pyridine rings is 1.